The van der Waals surface area contributed by atoms with Crippen LogP contribution in [-0.2, 0) is 0 Å². The molecule has 0 radical (unpaired) electrons. The van der Waals surface area contributed by atoms with Crippen molar-refractivity contribution in [1.82, 2.24) is 9.97 Å². The standard InChI is InChI=1S/C6H7N5O/c7-4-10-6-5(3-11-12)8-1-2-9-6/h1-4,12H,(H2,7,9,10). The molecule has 6 nitrogen and oxygen atoms in total. The molecule has 0 amide bonds. The summed E-state index contributed by atoms with van der Waals surface area (Å²) in [5, 5.41) is 11.0. The Kier molecular flexibility index (Phi) is 2.72. The molecule has 6 heteroatoms. The van der Waals surface area contributed by atoms with Crippen LogP contribution in [0, 0.1) is 0 Å². The predicted octanol–water partition coefficient (Wildman–Crippen LogP) is -0.0968. The molecule has 0 saturated heterocycles. The number of oxime groups is 1. The molecule has 0 spiro atoms. The second-order valence-corrected chi connectivity index (χ2v) is 1.79. The summed E-state index contributed by atoms with van der Waals surface area (Å²) in [6.07, 6.45) is 5.16. The number of hydrogen-bond acceptors (Lipinski definition) is 5. The maximum absolute atomic E-state index is 8.23. The van der Waals surface area contributed by atoms with Gasteiger partial charge < -0.3 is 10.9 Å². The van der Waals surface area contributed by atoms with Crippen LogP contribution in [0.4, 0.5) is 5.82 Å². The van der Waals surface area contributed by atoms with E-state index >= 15 is 0 Å². The second-order valence-electron chi connectivity index (χ2n) is 1.79. The Balaban J connectivity index is 3.08. The van der Waals surface area contributed by atoms with Crippen molar-refractivity contribution in [3.63, 3.8) is 0 Å². The van der Waals surface area contributed by atoms with Crippen molar-refractivity contribution in [3.05, 3.63) is 18.1 Å². The van der Waals surface area contributed by atoms with Gasteiger partial charge in [-0.3, -0.25) is 0 Å². The summed E-state index contributed by atoms with van der Waals surface area (Å²) in [5.74, 6) is 0.317. The number of nitrogens with zero attached hydrogens (tertiary/aromatic N) is 4. The van der Waals surface area contributed by atoms with E-state index in [4.69, 9.17) is 10.9 Å². The molecule has 0 unspecified atom stereocenters. The number of nitrogens with two attached hydrogens (primary N) is 1. The molecule has 1 aromatic rings. The van der Waals surface area contributed by atoms with Gasteiger partial charge in [0.05, 0.1) is 12.6 Å². The lowest BCUT2D eigenvalue weighted by atomic mass is 10.4. The molecule has 0 aliphatic rings. The van der Waals surface area contributed by atoms with Crippen LogP contribution in [0.1, 0.15) is 5.69 Å². The Morgan fingerprint density at radius 3 is 2.83 bits per heavy atom. The van der Waals surface area contributed by atoms with Crippen LogP contribution in [-0.4, -0.2) is 27.7 Å². The summed E-state index contributed by atoms with van der Waals surface area (Å²) in [6.45, 7) is 0. The van der Waals surface area contributed by atoms with Gasteiger partial charge in [-0.2, -0.15) is 0 Å². The summed E-state index contributed by atoms with van der Waals surface area (Å²) >= 11 is 0. The summed E-state index contributed by atoms with van der Waals surface area (Å²) in [4.78, 5) is 11.4. The zero-order valence-corrected chi connectivity index (χ0v) is 6.12. The van der Waals surface area contributed by atoms with Crippen molar-refractivity contribution >= 4 is 18.4 Å². The number of aliphatic imine (C=N–C) groups is 1. The van der Waals surface area contributed by atoms with E-state index in [9.17, 15) is 0 Å². The smallest absolute Gasteiger partial charge is 0.181 e. The summed E-state index contributed by atoms with van der Waals surface area (Å²) in [5.41, 5.74) is 5.42. The van der Waals surface area contributed by atoms with Crippen molar-refractivity contribution < 1.29 is 5.21 Å². The first kappa shape index (κ1) is 8.12. The largest absolute Gasteiger partial charge is 0.411 e. The normalized spacial score (nSPS) is 11.3. The molecular formula is C6H7N5O. The number of rotatable bonds is 2. The average Bonchev–Trinajstić information content (AvgIpc) is 2.09. The fourth-order valence-corrected chi connectivity index (χ4v) is 0.657. The van der Waals surface area contributed by atoms with Gasteiger partial charge in [0.15, 0.2) is 5.82 Å². The van der Waals surface area contributed by atoms with Crippen LogP contribution >= 0.6 is 0 Å². The fourth-order valence-electron chi connectivity index (χ4n) is 0.657. The minimum absolute atomic E-state index is 0.317. The van der Waals surface area contributed by atoms with Gasteiger partial charge in [0.25, 0.3) is 0 Å². The van der Waals surface area contributed by atoms with Crippen molar-refractivity contribution in [3.8, 4) is 0 Å². The first-order valence-electron chi connectivity index (χ1n) is 3.11. The second kappa shape index (κ2) is 4.02. The van der Waals surface area contributed by atoms with Gasteiger partial charge >= 0.3 is 0 Å². The minimum atomic E-state index is 0.317. The van der Waals surface area contributed by atoms with Gasteiger partial charge in [-0.05, 0) is 0 Å². The first-order chi connectivity index (χ1) is 5.88. The molecule has 1 heterocycles. The van der Waals surface area contributed by atoms with E-state index in [-0.39, 0.29) is 0 Å². The molecule has 1 aromatic heterocycles. The van der Waals surface area contributed by atoms with Crippen LogP contribution in [0.2, 0.25) is 0 Å². The fraction of sp³-hybridized carbons (Fsp3) is 0. The van der Waals surface area contributed by atoms with Crippen LogP contribution in [0.3, 0.4) is 0 Å². The Bertz CT molecular complexity index is 278. The van der Waals surface area contributed by atoms with Gasteiger partial charge in [-0.25, -0.2) is 15.0 Å². The number of aromatic nitrogens is 2. The van der Waals surface area contributed by atoms with Gasteiger partial charge in [0, 0.05) is 12.4 Å². The van der Waals surface area contributed by atoms with Gasteiger partial charge in [0.1, 0.15) is 5.69 Å². The van der Waals surface area contributed by atoms with E-state index in [2.05, 4.69) is 20.1 Å². The quantitative estimate of drug-likeness (QED) is 0.277. The van der Waals surface area contributed by atoms with Gasteiger partial charge in [0.2, 0.25) is 0 Å². The summed E-state index contributed by atoms with van der Waals surface area (Å²) < 4.78 is 0. The van der Waals surface area contributed by atoms with Gasteiger partial charge in [-0.15, -0.1) is 0 Å². The van der Waals surface area contributed by atoms with Crippen LogP contribution in [0.25, 0.3) is 0 Å². The number of hydrogen-bond donors (Lipinski definition) is 2. The first-order valence-corrected chi connectivity index (χ1v) is 3.11. The average molecular weight is 165 g/mol. The highest BCUT2D eigenvalue weighted by Gasteiger charge is 1.98. The third kappa shape index (κ3) is 1.75. The lowest BCUT2D eigenvalue weighted by Gasteiger charge is -1.93. The third-order valence-electron chi connectivity index (χ3n) is 1.08. The van der Waals surface area contributed by atoms with Gasteiger partial charge in [-0.1, -0.05) is 5.16 Å². The van der Waals surface area contributed by atoms with Crippen molar-refractivity contribution in [2.45, 2.75) is 0 Å². The highest BCUT2D eigenvalue weighted by Crippen LogP contribution is 2.08. The molecule has 0 fully saturated rings. The molecule has 0 aliphatic carbocycles. The highest BCUT2D eigenvalue weighted by molar-refractivity contribution is 5.82. The Labute approximate surface area is 68.5 Å². The van der Waals surface area contributed by atoms with Crippen molar-refractivity contribution in [2.24, 2.45) is 15.9 Å². The Hall–Kier alpha value is -1.98. The Morgan fingerprint density at radius 2 is 2.17 bits per heavy atom. The van der Waals surface area contributed by atoms with Crippen LogP contribution in [0.15, 0.2) is 22.5 Å². The maximum Gasteiger partial charge on any atom is 0.181 e. The summed E-state index contributed by atoms with van der Waals surface area (Å²) in [7, 11) is 0. The van der Waals surface area contributed by atoms with E-state index in [0.29, 0.717) is 11.5 Å². The molecule has 0 aliphatic heterocycles. The maximum atomic E-state index is 8.23. The Morgan fingerprint density at radius 1 is 1.42 bits per heavy atom. The molecule has 0 atom stereocenters. The molecule has 1 rings (SSSR count). The third-order valence-corrected chi connectivity index (χ3v) is 1.08. The molecule has 0 aromatic carbocycles. The SMILES string of the molecule is NC=Nc1nccnc1C=NO. The van der Waals surface area contributed by atoms with E-state index in [1.165, 1.54) is 12.4 Å². The highest BCUT2D eigenvalue weighted by atomic mass is 16.4. The van der Waals surface area contributed by atoms with Crippen molar-refractivity contribution in [2.75, 3.05) is 0 Å². The predicted molar refractivity (Wildman–Crippen MR) is 43.8 cm³/mol. The van der Waals surface area contributed by atoms with Crippen LogP contribution < -0.4 is 5.73 Å². The molecule has 0 bridgehead atoms. The molecule has 12 heavy (non-hydrogen) atoms. The lowest BCUT2D eigenvalue weighted by molar-refractivity contribution is 0.321. The van der Waals surface area contributed by atoms with Crippen molar-refractivity contribution in [1.29, 1.82) is 0 Å². The zero-order chi connectivity index (χ0) is 8.81. The zero-order valence-electron chi connectivity index (χ0n) is 6.12. The lowest BCUT2D eigenvalue weighted by Crippen LogP contribution is -1.93. The minimum Gasteiger partial charge on any atom is -0.411 e. The van der Waals surface area contributed by atoms with Crippen LogP contribution in [0.5, 0.6) is 0 Å². The molecule has 3 N–H and O–H groups in total. The van der Waals surface area contributed by atoms with E-state index in [1.807, 2.05) is 0 Å². The molecule has 0 saturated carbocycles. The van der Waals surface area contributed by atoms with E-state index in [1.54, 1.807) is 0 Å². The molecule has 62 valence electrons. The van der Waals surface area contributed by atoms with E-state index in [0.717, 1.165) is 12.6 Å². The molecular weight excluding hydrogens is 158 g/mol. The van der Waals surface area contributed by atoms with E-state index < -0.39 is 0 Å². The summed E-state index contributed by atoms with van der Waals surface area (Å²) in [6, 6.07) is 0. The topological polar surface area (TPSA) is 96.8 Å². The monoisotopic (exact) mass is 165 g/mol.